The molecule has 6 heteroatoms. The molecule has 0 aromatic rings. The number of ether oxygens (including phenoxy) is 2. The Labute approximate surface area is 166 Å². The highest BCUT2D eigenvalue weighted by Gasteiger charge is 2.17. The summed E-state index contributed by atoms with van der Waals surface area (Å²) in [5, 5.41) is 6.80. The average Bonchev–Trinajstić information content (AvgIpc) is 3.19. The maximum absolute atomic E-state index is 5.70. The first-order valence-corrected chi connectivity index (χ1v) is 11.2. The van der Waals surface area contributed by atoms with Crippen LogP contribution in [0.3, 0.4) is 0 Å². The van der Waals surface area contributed by atoms with Gasteiger partial charge in [-0.15, -0.1) is 0 Å². The standard InChI is InChI=1S/C21H42N4O2/c1-3-22-21(24-13-9-16-26-18-20-11-8-17-27-20)23-12-5-7-15-25-14-6-4-10-19(25)2/h19-20H,3-18H2,1-2H3,(H2,22,23,24). The van der Waals surface area contributed by atoms with Gasteiger partial charge < -0.3 is 25.0 Å². The minimum atomic E-state index is 0.320. The Bertz CT molecular complexity index is 400. The molecule has 2 unspecified atom stereocenters. The zero-order valence-corrected chi connectivity index (χ0v) is 17.7. The van der Waals surface area contributed by atoms with Gasteiger partial charge in [-0.3, -0.25) is 4.99 Å². The van der Waals surface area contributed by atoms with E-state index in [1.54, 1.807) is 0 Å². The Morgan fingerprint density at radius 2 is 2.07 bits per heavy atom. The normalized spacial score (nSPS) is 24.3. The molecule has 2 fully saturated rings. The Hall–Kier alpha value is -0.850. The molecule has 2 heterocycles. The van der Waals surface area contributed by atoms with Crippen LogP contribution < -0.4 is 10.6 Å². The molecule has 2 saturated heterocycles. The van der Waals surface area contributed by atoms with E-state index in [0.29, 0.717) is 6.10 Å². The molecule has 0 radical (unpaired) electrons. The van der Waals surface area contributed by atoms with Gasteiger partial charge in [0.2, 0.25) is 0 Å². The third-order valence-corrected chi connectivity index (χ3v) is 5.49. The maximum Gasteiger partial charge on any atom is 0.191 e. The topological polar surface area (TPSA) is 58.1 Å². The highest BCUT2D eigenvalue weighted by Crippen LogP contribution is 2.16. The maximum atomic E-state index is 5.70. The van der Waals surface area contributed by atoms with E-state index in [2.05, 4.69) is 34.4 Å². The van der Waals surface area contributed by atoms with E-state index in [4.69, 9.17) is 9.47 Å². The van der Waals surface area contributed by atoms with Crippen molar-refractivity contribution in [3.05, 3.63) is 0 Å². The zero-order chi connectivity index (χ0) is 19.2. The molecule has 27 heavy (non-hydrogen) atoms. The van der Waals surface area contributed by atoms with Gasteiger partial charge in [0.15, 0.2) is 5.96 Å². The smallest absolute Gasteiger partial charge is 0.191 e. The van der Waals surface area contributed by atoms with Crippen molar-refractivity contribution >= 4 is 5.96 Å². The number of likely N-dealkylation sites (tertiary alicyclic amines) is 1. The van der Waals surface area contributed by atoms with Gasteiger partial charge in [0.05, 0.1) is 12.7 Å². The first-order valence-electron chi connectivity index (χ1n) is 11.2. The third-order valence-electron chi connectivity index (χ3n) is 5.49. The fourth-order valence-electron chi connectivity index (χ4n) is 3.83. The molecule has 0 aromatic carbocycles. The van der Waals surface area contributed by atoms with Gasteiger partial charge in [0.1, 0.15) is 0 Å². The van der Waals surface area contributed by atoms with E-state index in [0.717, 1.165) is 64.3 Å². The summed E-state index contributed by atoms with van der Waals surface area (Å²) in [6, 6.07) is 0.771. The number of hydrogen-bond donors (Lipinski definition) is 2. The largest absolute Gasteiger partial charge is 0.379 e. The fourth-order valence-corrected chi connectivity index (χ4v) is 3.83. The molecule has 2 rings (SSSR count). The molecule has 0 saturated carbocycles. The van der Waals surface area contributed by atoms with Gasteiger partial charge >= 0.3 is 0 Å². The van der Waals surface area contributed by atoms with E-state index in [1.807, 2.05) is 0 Å². The number of hydrogen-bond acceptors (Lipinski definition) is 4. The molecule has 0 amide bonds. The monoisotopic (exact) mass is 382 g/mol. The Morgan fingerprint density at radius 1 is 1.15 bits per heavy atom. The number of guanidine groups is 1. The van der Waals surface area contributed by atoms with Crippen molar-refractivity contribution in [3.8, 4) is 0 Å². The lowest BCUT2D eigenvalue weighted by Gasteiger charge is -2.33. The lowest BCUT2D eigenvalue weighted by Crippen LogP contribution is -2.39. The first kappa shape index (κ1) is 22.4. The van der Waals surface area contributed by atoms with E-state index >= 15 is 0 Å². The van der Waals surface area contributed by atoms with Crippen LogP contribution in [0, 0.1) is 0 Å². The van der Waals surface area contributed by atoms with Gasteiger partial charge in [0, 0.05) is 38.9 Å². The number of piperidine rings is 1. The number of aliphatic imine (C=N–C) groups is 1. The van der Waals surface area contributed by atoms with Crippen LogP contribution in [-0.4, -0.2) is 75.5 Å². The fraction of sp³-hybridized carbons (Fsp3) is 0.952. The summed E-state index contributed by atoms with van der Waals surface area (Å²) in [4.78, 5) is 7.31. The van der Waals surface area contributed by atoms with Gasteiger partial charge in [-0.2, -0.15) is 0 Å². The van der Waals surface area contributed by atoms with Gasteiger partial charge in [-0.25, -0.2) is 0 Å². The number of nitrogens with zero attached hydrogens (tertiary/aromatic N) is 2. The molecule has 6 nitrogen and oxygen atoms in total. The summed E-state index contributed by atoms with van der Waals surface area (Å²) < 4.78 is 11.3. The van der Waals surface area contributed by atoms with E-state index in [-0.39, 0.29) is 0 Å². The molecule has 0 bridgehead atoms. The summed E-state index contributed by atoms with van der Waals surface area (Å²) in [6.45, 7) is 12.1. The second-order valence-corrected chi connectivity index (χ2v) is 7.84. The average molecular weight is 383 g/mol. The molecule has 0 aromatic heterocycles. The van der Waals surface area contributed by atoms with Crippen molar-refractivity contribution in [1.29, 1.82) is 0 Å². The van der Waals surface area contributed by atoms with Gasteiger partial charge in [0.25, 0.3) is 0 Å². The second-order valence-electron chi connectivity index (χ2n) is 7.84. The first-order chi connectivity index (χ1) is 13.3. The molecule has 158 valence electrons. The molecule has 2 aliphatic rings. The Morgan fingerprint density at radius 3 is 2.85 bits per heavy atom. The highest BCUT2D eigenvalue weighted by molar-refractivity contribution is 5.79. The van der Waals surface area contributed by atoms with Crippen LogP contribution >= 0.6 is 0 Å². The van der Waals surface area contributed by atoms with Crippen molar-refractivity contribution in [2.75, 3.05) is 52.5 Å². The number of unbranched alkanes of at least 4 members (excludes halogenated alkanes) is 1. The minimum absolute atomic E-state index is 0.320. The van der Waals surface area contributed by atoms with Gasteiger partial charge in [-0.05, 0) is 71.9 Å². The molecule has 2 aliphatic heterocycles. The predicted molar refractivity (Wildman–Crippen MR) is 113 cm³/mol. The summed E-state index contributed by atoms with van der Waals surface area (Å²) in [7, 11) is 0. The van der Waals surface area contributed by atoms with Crippen LogP contribution in [0.25, 0.3) is 0 Å². The lowest BCUT2D eigenvalue weighted by molar-refractivity contribution is 0.0171. The molecule has 0 aliphatic carbocycles. The molecule has 0 spiro atoms. The summed E-state index contributed by atoms with van der Waals surface area (Å²) in [5.41, 5.74) is 0. The van der Waals surface area contributed by atoms with Crippen molar-refractivity contribution in [2.24, 2.45) is 4.99 Å². The van der Waals surface area contributed by atoms with Gasteiger partial charge in [-0.1, -0.05) is 6.42 Å². The summed E-state index contributed by atoms with van der Waals surface area (Å²) >= 11 is 0. The van der Waals surface area contributed by atoms with Crippen LogP contribution in [0.1, 0.15) is 65.2 Å². The molecular weight excluding hydrogens is 340 g/mol. The number of nitrogens with one attached hydrogen (secondary N) is 2. The second kappa shape index (κ2) is 14.2. The van der Waals surface area contributed by atoms with E-state index < -0.39 is 0 Å². The molecular formula is C21H42N4O2. The Kier molecular flexibility index (Phi) is 11.8. The Balaban J connectivity index is 1.49. The van der Waals surface area contributed by atoms with Crippen LogP contribution in [0.15, 0.2) is 4.99 Å². The van der Waals surface area contributed by atoms with E-state index in [1.165, 1.54) is 51.6 Å². The summed E-state index contributed by atoms with van der Waals surface area (Å²) in [6.07, 6.45) is 10.2. The minimum Gasteiger partial charge on any atom is -0.379 e. The zero-order valence-electron chi connectivity index (χ0n) is 17.7. The van der Waals surface area contributed by atoms with Crippen LogP contribution in [0.2, 0.25) is 0 Å². The molecule has 2 atom stereocenters. The van der Waals surface area contributed by atoms with Crippen LogP contribution in [-0.2, 0) is 9.47 Å². The third kappa shape index (κ3) is 9.77. The van der Waals surface area contributed by atoms with E-state index in [9.17, 15) is 0 Å². The van der Waals surface area contributed by atoms with Crippen molar-refractivity contribution < 1.29 is 9.47 Å². The quantitative estimate of drug-likeness (QED) is 0.309. The predicted octanol–water partition coefficient (Wildman–Crippen LogP) is 2.78. The SMILES string of the molecule is CCNC(=NCCCOCC1CCCO1)NCCCCN1CCCCC1C. The van der Waals surface area contributed by atoms with Crippen molar-refractivity contribution in [1.82, 2.24) is 15.5 Å². The molecule has 2 N–H and O–H groups in total. The van der Waals surface area contributed by atoms with Crippen LogP contribution in [0.4, 0.5) is 0 Å². The lowest BCUT2D eigenvalue weighted by atomic mass is 10.0. The van der Waals surface area contributed by atoms with Crippen molar-refractivity contribution in [3.63, 3.8) is 0 Å². The summed E-state index contributed by atoms with van der Waals surface area (Å²) in [5.74, 6) is 0.933. The highest BCUT2D eigenvalue weighted by atomic mass is 16.5. The van der Waals surface area contributed by atoms with Crippen LogP contribution in [0.5, 0.6) is 0 Å². The van der Waals surface area contributed by atoms with Crippen molar-refractivity contribution in [2.45, 2.75) is 77.4 Å². The number of rotatable bonds is 12.